The molecule has 7 heteroatoms. The van der Waals surface area contributed by atoms with Gasteiger partial charge in [-0.1, -0.05) is 54.1 Å². The van der Waals surface area contributed by atoms with Crippen molar-refractivity contribution < 1.29 is 14.3 Å². The molecule has 2 N–H and O–H groups in total. The number of rotatable bonds is 6. The van der Waals surface area contributed by atoms with E-state index in [1.165, 1.54) is 11.8 Å². The van der Waals surface area contributed by atoms with Gasteiger partial charge in [0.15, 0.2) is 11.8 Å². The molecular weight excluding hydrogens is 422 g/mol. The number of nitrogens with one attached hydrogen (secondary N) is 2. The zero-order chi connectivity index (χ0) is 22.3. The third kappa shape index (κ3) is 5.65. The SMILES string of the molecule is Cc1ccc(N=C2NC(=O)/C(=C\c3ccccc3OCC(=O)Nc3ccccc3)S2)cc1. The molecule has 4 rings (SSSR count). The first-order chi connectivity index (χ1) is 15.6. The quantitative estimate of drug-likeness (QED) is 0.531. The summed E-state index contributed by atoms with van der Waals surface area (Å²) in [5.41, 5.74) is 3.32. The second-order valence-electron chi connectivity index (χ2n) is 7.06. The van der Waals surface area contributed by atoms with Crippen molar-refractivity contribution in [1.29, 1.82) is 0 Å². The van der Waals surface area contributed by atoms with Crippen molar-refractivity contribution in [3.8, 4) is 5.75 Å². The van der Waals surface area contributed by atoms with Gasteiger partial charge in [-0.2, -0.15) is 0 Å². The Morgan fingerprint density at radius 2 is 1.75 bits per heavy atom. The number of carbonyl (C=O) groups is 2. The van der Waals surface area contributed by atoms with Gasteiger partial charge < -0.3 is 15.4 Å². The van der Waals surface area contributed by atoms with E-state index in [1.807, 2.05) is 79.7 Å². The molecular formula is C25H21N3O3S. The highest BCUT2D eigenvalue weighted by Gasteiger charge is 2.24. The fraction of sp³-hybridized carbons (Fsp3) is 0.0800. The zero-order valence-electron chi connectivity index (χ0n) is 17.4. The van der Waals surface area contributed by atoms with Crippen molar-refractivity contribution in [2.45, 2.75) is 6.92 Å². The molecule has 0 saturated carbocycles. The highest BCUT2D eigenvalue weighted by molar-refractivity contribution is 8.18. The third-order valence-corrected chi connectivity index (χ3v) is 5.45. The summed E-state index contributed by atoms with van der Waals surface area (Å²) in [6.07, 6.45) is 1.74. The van der Waals surface area contributed by atoms with E-state index >= 15 is 0 Å². The van der Waals surface area contributed by atoms with Crippen LogP contribution in [0.3, 0.4) is 0 Å². The Labute approximate surface area is 190 Å². The van der Waals surface area contributed by atoms with Crippen LogP contribution in [0.1, 0.15) is 11.1 Å². The van der Waals surface area contributed by atoms with E-state index in [9.17, 15) is 9.59 Å². The Morgan fingerprint density at radius 1 is 1.03 bits per heavy atom. The maximum atomic E-state index is 12.4. The molecule has 3 aromatic rings. The lowest BCUT2D eigenvalue weighted by Gasteiger charge is -2.10. The molecule has 160 valence electrons. The maximum absolute atomic E-state index is 12.4. The Balaban J connectivity index is 1.44. The fourth-order valence-corrected chi connectivity index (χ4v) is 3.78. The lowest BCUT2D eigenvalue weighted by molar-refractivity contribution is -0.118. The first-order valence-electron chi connectivity index (χ1n) is 10.00. The molecule has 0 aliphatic carbocycles. The minimum atomic E-state index is -0.265. The van der Waals surface area contributed by atoms with E-state index in [0.717, 1.165) is 11.3 Å². The number of aryl methyl sites for hydroxylation is 1. The number of ether oxygens (including phenoxy) is 1. The minimum absolute atomic E-state index is 0.144. The first kappa shape index (κ1) is 21.4. The average molecular weight is 444 g/mol. The van der Waals surface area contributed by atoms with E-state index in [0.29, 0.717) is 27.1 Å². The molecule has 0 bridgehead atoms. The molecule has 6 nitrogen and oxygen atoms in total. The molecule has 1 saturated heterocycles. The summed E-state index contributed by atoms with van der Waals surface area (Å²) in [4.78, 5) is 29.6. The number of carbonyl (C=O) groups excluding carboxylic acids is 2. The van der Waals surface area contributed by atoms with Crippen LogP contribution in [0.4, 0.5) is 11.4 Å². The van der Waals surface area contributed by atoms with Gasteiger partial charge in [-0.3, -0.25) is 9.59 Å². The Kier molecular flexibility index (Phi) is 6.67. The van der Waals surface area contributed by atoms with Crippen molar-refractivity contribution in [2.24, 2.45) is 4.99 Å². The van der Waals surface area contributed by atoms with Crippen LogP contribution in [-0.2, 0) is 9.59 Å². The maximum Gasteiger partial charge on any atom is 0.264 e. The standard InChI is InChI=1S/C25H21N3O3S/c1-17-11-13-20(14-12-17)27-25-28-24(30)22(32-25)15-18-7-5-6-10-21(18)31-16-23(29)26-19-8-3-2-4-9-19/h2-15H,16H2,1H3,(H,26,29)(H,27,28,30)/b22-15+. The number of amides is 2. The summed E-state index contributed by atoms with van der Waals surface area (Å²) >= 11 is 1.26. The zero-order valence-corrected chi connectivity index (χ0v) is 18.2. The second-order valence-corrected chi connectivity index (χ2v) is 8.09. The molecule has 0 unspecified atom stereocenters. The first-order valence-corrected chi connectivity index (χ1v) is 10.8. The number of benzene rings is 3. The molecule has 0 aromatic heterocycles. The Bertz CT molecular complexity index is 1190. The van der Waals surface area contributed by atoms with Crippen molar-refractivity contribution in [3.05, 3.63) is 94.9 Å². The van der Waals surface area contributed by atoms with Crippen molar-refractivity contribution in [2.75, 3.05) is 11.9 Å². The number of amidine groups is 1. The molecule has 0 radical (unpaired) electrons. The van der Waals surface area contributed by atoms with Crippen LogP contribution in [-0.4, -0.2) is 23.6 Å². The fourth-order valence-electron chi connectivity index (χ4n) is 2.95. The number of para-hydroxylation sites is 2. The van der Waals surface area contributed by atoms with Crippen LogP contribution >= 0.6 is 11.8 Å². The van der Waals surface area contributed by atoms with E-state index in [1.54, 1.807) is 12.1 Å². The predicted octanol–water partition coefficient (Wildman–Crippen LogP) is 4.90. The predicted molar refractivity (Wildman–Crippen MR) is 129 cm³/mol. The molecule has 1 heterocycles. The topological polar surface area (TPSA) is 79.8 Å². The van der Waals surface area contributed by atoms with Gasteiger partial charge in [-0.05, 0) is 55.1 Å². The van der Waals surface area contributed by atoms with Gasteiger partial charge in [-0.15, -0.1) is 0 Å². The van der Waals surface area contributed by atoms with E-state index < -0.39 is 0 Å². The van der Waals surface area contributed by atoms with Gasteiger partial charge in [0.2, 0.25) is 0 Å². The van der Waals surface area contributed by atoms with Crippen LogP contribution in [0, 0.1) is 6.92 Å². The monoisotopic (exact) mass is 443 g/mol. The van der Waals surface area contributed by atoms with Crippen LogP contribution in [0.5, 0.6) is 5.75 Å². The summed E-state index contributed by atoms with van der Waals surface area (Å²) in [6.45, 7) is 1.86. The normalized spacial score (nSPS) is 15.6. The molecule has 3 aromatic carbocycles. The Hall–Kier alpha value is -3.84. The summed E-state index contributed by atoms with van der Waals surface area (Å²) in [6, 6.07) is 24.2. The van der Waals surface area contributed by atoms with Crippen molar-refractivity contribution >= 4 is 46.2 Å². The minimum Gasteiger partial charge on any atom is -0.483 e. The van der Waals surface area contributed by atoms with E-state index in [4.69, 9.17) is 4.74 Å². The van der Waals surface area contributed by atoms with Gasteiger partial charge in [0.25, 0.3) is 11.8 Å². The molecule has 0 atom stereocenters. The van der Waals surface area contributed by atoms with Crippen LogP contribution in [0.25, 0.3) is 6.08 Å². The number of hydrogen-bond donors (Lipinski definition) is 2. The lowest BCUT2D eigenvalue weighted by Crippen LogP contribution is -2.20. The molecule has 0 spiro atoms. The summed E-state index contributed by atoms with van der Waals surface area (Å²) in [5, 5.41) is 6.09. The van der Waals surface area contributed by atoms with E-state index in [2.05, 4.69) is 15.6 Å². The third-order valence-electron chi connectivity index (χ3n) is 4.54. The Morgan fingerprint density at radius 3 is 2.53 bits per heavy atom. The van der Waals surface area contributed by atoms with Gasteiger partial charge in [0.05, 0.1) is 10.6 Å². The summed E-state index contributed by atoms with van der Waals surface area (Å²) < 4.78 is 5.72. The van der Waals surface area contributed by atoms with Gasteiger partial charge in [0, 0.05) is 11.3 Å². The smallest absolute Gasteiger partial charge is 0.264 e. The lowest BCUT2D eigenvalue weighted by atomic mass is 10.2. The van der Waals surface area contributed by atoms with Gasteiger partial charge >= 0.3 is 0 Å². The van der Waals surface area contributed by atoms with Crippen molar-refractivity contribution in [1.82, 2.24) is 5.32 Å². The molecule has 1 aliphatic rings. The van der Waals surface area contributed by atoms with Gasteiger partial charge in [-0.25, -0.2) is 4.99 Å². The number of hydrogen-bond acceptors (Lipinski definition) is 5. The number of thioether (sulfide) groups is 1. The number of aliphatic imine (C=N–C) groups is 1. The second kappa shape index (κ2) is 9.98. The summed E-state index contributed by atoms with van der Waals surface area (Å²) in [7, 11) is 0. The van der Waals surface area contributed by atoms with Crippen molar-refractivity contribution in [3.63, 3.8) is 0 Å². The molecule has 32 heavy (non-hydrogen) atoms. The van der Waals surface area contributed by atoms with Crippen LogP contribution < -0.4 is 15.4 Å². The average Bonchev–Trinajstić information content (AvgIpc) is 3.14. The largest absolute Gasteiger partial charge is 0.483 e. The summed E-state index contributed by atoms with van der Waals surface area (Å²) in [5.74, 6) is 0.0252. The van der Waals surface area contributed by atoms with E-state index in [-0.39, 0.29) is 18.4 Å². The molecule has 1 fully saturated rings. The molecule has 1 aliphatic heterocycles. The number of nitrogens with zero attached hydrogens (tertiary/aromatic N) is 1. The van der Waals surface area contributed by atoms with Crippen LogP contribution in [0.15, 0.2) is 88.8 Å². The van der Waals surface area contributed by atoms with Gasteiger partial charge in [0.1, 0.15) is 5.75 Å². The highest BCUT2D eigenvalue weighted by Crippen LogP contribution is 2.30. The van der Waals surface area contributed by atoms with Crippen LogP contribution in [0.2, 0.25) is 0 Å². The number of anilines is 1. The highest BCUT2D eigenvalue weighted by atomic mass is 32.2. The molecule has 2 amide bonds.